The molecule has 84 valence electrons. The molecule has 0 aliphatic carbocycles. The number of rotatable bonds is 3. The van der Waals surface area contributed by atoms with Crippen molar-refractivity contribution in [2.24, 2.45) is 0 Å². The van der Waals surface area contributed by atoms with Gasteiger partial charge in [-0.2, -0.15) is 0 Å². The minimum Gasteiger partial charge on any atom is -0.478 e. The predicted molar refractivity (Wildman–Crippen MR) is 58.8 cm³/mol. The molecule has 0 aliphatic rings. The fraction of sp³-hybridized carbons (Fsp3) is 0.250. The van der Waals surface area contributed by atoms with Crippen LogP contribution in [0.3, 0.4) is 0 Å². The maximum atomic E-state index is 13.5. The fourth-order valence-electron chi connectivity index (χ4n) is 1.14. The van der Waals surface area contributed by atoms with Gasteiger partial charge in [0.1, 0.15) is 0 Å². The van der Waals surface area contributed by atoms with Crippen molar-refractivity contribution in [3.8, 4) is 11.8 Å². The molecule has 0 fully saturated rings. The SMILES string of the molecule is CNCCC#Cc1cccc(C(=O)O)c1F. The Hall–Kier alpha value is -1.86. The van der Waals surface area contributed by atoms with E-state index in [0.29, 0.717) is 13.0 Å². The van der Waals surface area contributed by atoms with E-state index in [1.54, 1.807) is 7.05 Å². The monoisotopic (exact) mass is 221 g/mol. The Bertz CT molecular complexity index is 446. The Labute approximate surface area is 93.3 Å². The van der Waals surface area contributed by atoms with Crippen molar-refractivity contribution in [2.45, 2.75) is 6.42 Å². The molecule has 0 bridgehead atoms. The van der Waals surface area contributed by atoms with Gasteiger partial charge in [0.2, 0.25) is 0 Å². The summed E-state index contributed by atoms with van der Waals surface area (Å²) in [4.78, 5) is 10.7. The van der Waals surface area contributed by atoms with Crippen molar-refractivity contribution < 1.29 is 14.3 Å². The molecular formula is C12H12FNO2. The second kappa shape index (κ2) is 5.89. The summed E-state index contributed by atoms with van der Waals surface area (Å²) in [7, 11) is 1.80. The molecule has 2 N–H and O–H groups in total. The number of carbonyl (C=O) groups is 1. The van der Waals surface area contributed by atoms with Gasteiger partial charge in [-0.25, -0.2) is 9.18 Å². The highest BCUT2D eigenvalue weighted by Crippen LogP contribution is 2.11. The van der Waals surface area contributed by atoms with E-state index in [1.165, 1.54) is 18.2 Å². The lowest BCUT2D eigenvalue weighted by Gasteiger charge is -1.98. The number of hydrogen-bond acceptors (Lipinski definition) is 2. The smallest absolute Gasteiger partial charge is 0.338 e. The van der Waals surface area contributed by atoms with Crippen molar-refractivity contribution in [1.82, 2.24) is 5.32 Å². The van der Waals surface area contributed by atoms with E-state index in [-0.39, 0.29) is 11.1 Å². The van der Waals surface area contributed by atoms with Crippen LogP contribution < -0.4 is 5.32 Å². The molecule has 0 aliphatic heterocycles. The van der Waals surface area contributed by atoms with Gasteiger partial charge in [-0.1, -0.05) is 17.9 Å². The Morgan fingerprint density at radius 3 is 2.94 bits per heavy atom. The lowest BCUT2D eigenvalue weighted by atomic mass is 10.1. The Morgan fingerprint density at radius 1 is 1.56 bits per heavy atom. The molecule has 0 spiro atoms. The highest BCUT2D eigenvalue weighted by Gasteiger charge is 2.11. The minimum absolute atomic E-state index is 0.121. The first-order valence-electron chi connectivity index (χ1n) is 4.82. The summed E-state index contributed by atoms with van der Waals surface area (Å²) in [6, 6.07) is 4.17. The van der Waals surface area contributed by atoms with Gasteiger partial charge in [0.05, 0.1) is 11.1 Å². The molecule has 4 heteroatoms. The van der Waals surface area contributed by atoms with Gasteiger partial charge in [-0.15, -0.1) is 0 Å². The average molecular weight is 221 g/mol. The van der Waals surface area contributed by atoms with Crippen LogP contribution in [0.25, 0.3) is 0 Å². The van der Waals surface area contributed by atoms with Crippen LogP contribution in [0.2, 0.25) is 0 Å². The summed E-state index contributed by atoms with van der Waals surface area (Å²) in [5.41, 5.74) is -0.226. The van der Waals surface area contributed by atoms with Crippen LogP contribution >= 0.6 is 0 Å². The summed E-state index contributed by atoms with van der Waals surface area (Å²) >= 11 is 0. The van der Waals surface area contributed by atoms with Crippen LogP contribution in [0.15, 0.2) is 18.2 Å². The van der Waals surface area contributed by atoms with Crippen LogP contribution in [0.5, 0.6) is 0 Å². The third kappa shape index (κ3) is 3.07. The highest BCUT2D eigenvalue weighted by molar-refractivity contribution is 5.88. The normalized spacial score (nSPS) is 9.38. The third-order valence-corrected chi connectivity index (χ3v) is 1.95. The molecule has 0 saturated heterocycles. The van der Waals surface area contributed by atoms with Crippen LogP contribution in [-0.4, -0.2) is 24.7 Å². The van der Waals surface area contributed by atoms with Crippen molar-refractivity contribution in [3.63, 3.8) is 0 Å². The number of hydrogen-bond donors (Lipinski definition) is 2. The van der Waals surface area contributed by atoms with Crippen molar-refractivity contribution in [1.29, 1.82) is 0 Å². The molecule has 1 aromatic carbocycles. The lowest BCUT2D eigenvalue weighted by molar-refractivity contribution is 0.0692. The van der Waals surface area contributed by atoms with E-state index in [0.717, 1.165) is 0 Å². The maximum Gasteiger partial charge on any atom is 0.338 e. The zero-order valence-corrected chi connectivity index (χ0v) is 8.88. The molecule has 0 unspecified atom stereocenters. The number of aromatic carboxylic acids is 1. The zero-order valence-electron chi connectivity index (χ0n) is 8.88. The van der Waals surface area contributed by atoms with Gasteiger partial charge < -0.3 is 10.4 Å². The Balaban J connectivity index is 2.92. The molecule has 0 atom stereocenters. The second-order valence-corrected chi connectivity index (χ2v) is 3.13. The predicted octanol–water partition coefficient (Wildman–Crippen LogP) is 1.48. The second-order valence-electron chi connectivity index (χ2n) is 3.13. The third-order valence-electron chi connectivity index (χ3n) is 1.95. The topological polar surface area (TPSA) is 49.3 Å². The largest absolute Gasteiger partial charge is 0.478 e. The van der Waals surface area contributed by atoms with Gasteiger partial charge in [-0.3, -0.25) is 0 Å². The van der Waals surface area contributed by atoms with Crippen LogP contribution in [0, 0.1) is 17.7 Å². The Kier molecular flexibility index (Phi) is 4.49. The summed E-state index contributed by atoms with van der Waals surface area (Å²) in [5, 5.41) is 11.6. The first-order valence-corrected chi connectivity index (χ1v) is 4.82. The molecule has 3 nitrogen and oxygen atoms in total. The standard InChI is InChI=1S/C12H12FNO2/c1-14-8-3-2-5-9-6-4-7-10(11(9)13)12(15)16/h4,6-7,14H,3,8H2,1H3,(H,15,16). The number of carboxylic acid groups (broad SMARTS) is 1. The van der Waals surface area contributed by atoms with Crippen molar-refractivity contribution in [2.75, 3.05) is 13.6 Å². The minimum atomic E-state index is -1.28. The molecule has 1 aromatic rings. The number of nitrogens with one attached hydrogen (secondary N) is 1. The van der Waals surface area contributed by atoms with Crippen LogP contribution in [0.4, 0.5) is 4.39 Å². The molecule has 0 saturated carbocycles. The number of benzene rings is 1. The fourth-order valence-corrected chi connectivity index (χ4v) is 1.14. The van der Waals surface area contributed by atoms with E-state index >= 15 is 0 Å². The first kappa shape index (κ1) is 12.2. The molecule has 0 amide bonds. The van der Waals surface area contributed by atoms with Gasteiger partial charge >= 0.3 is 5.97 Å². The van der Waals surface area contributed by atoms with Crippen molar-refractivity contribution in [3.05, 3.63) is 35.1 Å². The van der Waals surface area contributed by atoms with E-state index in [2.05, 4.69) is 17.2 Å². The molecule has 0 radical (unpaired) electrons. The molecular weight excluding hydrogens is 209 g/mol. The summed E-state index contributed by atoms with van der Waals surface area (Å²) < 4.78 is 13.5. The van der Waals surface area contributed by atoms with E-state index in [4.69, 9.17) is 5.11 Å². The van der Waals surface area contributed by atoms with Gasteiger partial charge in [0.15, 0.2) is 5.82 Å². The van der Waals surface area contributed by atoms with Crippen LogP contribution in [0.1, 0.15) is 22.3 Å². The Morgan fingerprint density at radius 2 is 2.31 bits per heavy atom. The summed E-state index contributed by atoms with van der Waals surface area (Å²) in [6.45, 7) is 0.716. The number of halogens is 1. The first-order chi connectivity index (χ1) is 7.66. The van der Waals surface area contributed by atoms with Gasteiger partial charge in [0, 0.05) is 13.0 Å². The quantitative estimate of drug-likeness (QED) is 0.600. The molecule has 0 aromatic heterocycles. The van der Waals surface area contributed by atoms with Crippen LogP contribution in [-0.2, 0) is 0 Å². The average Bonchev–Trinajstić information content (AvgIpc) is 2.26. The van der Waals surface area contributed by atoms with Gasteiger partial charge in [0.25, 0.3) is 0 Å². The maximum absolute atomic E-state index is 13.5. The van der Waals surface area contributed by atoms with Crippen molar-refractivity contribution >= 4 is 5.97 Å². The van der Waals surface area contributed by atoms with E-state index in [9.17, 15) is 9.18 Å². The summed E-state index contributed by atoms with van der Waals surface area (Å²) in [6.07, 6.45) is 0.591. The van der Waals surface area contributed by atoms with Gasteiger partial charge in [-0.05, 0) is 19.2 Å². The van der Waals surface area contributed by atoms with E-state index in [1.807, 2.05) is 0 Å². The lowest BCUT2D eigenvalue weighted by Crippen LogP contribution is -2.06. The number of carboxylic acids is 1. The molecule has 0 heterocycles. The molecule has 16 heavy (non-hydrogen) atoms. The zero-order chi connectivity index (χ0) is 12.0. The molecule has 1 rings (SSSR count). The summed E-state index contributed by atoms with van der Waals surface area (Å²) in [5.74, 6) is 3.33. The highest BCUT2D eigenvalue weighted by atomic mass is 19.1. The van der Waals surface area contributed by atoms with E-state index < -0.39 is 11.8 Å².